The Hall–Kier alpha value is -1.26. The summed E-state index contributed by atoms with van der Waals surface area (Å²) in [5.41, 5.74) is 0. The minimum atomic E-state index is 0.0982. The van der Waals surface area contributed by atoms with Gasteiger partial charge in [-0.3, -0.25) is 4.79 Å². The number of hydrogen-bond acceptors (Lipinski definition) is 2. The van der Waals surface area contributed by atoms with Crippen molar-refractivity contribution in [2.45, 2.75) is 33.6 Å². The Labute approximate surface area is 110 Å². The molecular weight excluding hydrogens is 230 g/mol. The van der Waals surface area contributed by atoms with Crippen molar-refractivity contribution < 1.29 is 9.59 Å². The monoisotopic (exact) mass is 255 g/mol. The Bertz CT molecular complexity index is 280. The molecule has 0 unspecified atom stereocenters. The maximum absolute atomic E-state index is 12.3. The fourth-order valence-corrected chi connectivity index (χ4v) is 2.26. The Morgan fingerprint density at radius 1 is 0.944 bits per heavy atom. The summed E-state index contributed by atoms with van der Waals surface area (Å²) in [6.45, 7) is 10.0. The summed E-state index contributed by atoms with van der Waals surface area (Å²) in [6, 6.07) is 0.127. The molecule has 0 spiro atoms. The van der Waals surface area contributed by atoms with Gasteiger partial charge in [0.15, 0.2) is 0 Å². The third kappa shape index (κ3) is 3.89. The lowest BCUT2D eigenvalue weighted by atomic mass is 10.3. The largest absolute Gasteiger partial charge is 0.339 e. The molecule has 0 saturated carbocycles. The van der Waals surface area contributed by atoms with Gasteiger partial charge in [0.05, 0.1) is 0 Å². The number of amides is 3. The van der Waals surface area contributed by atoms with E-state index >= 15 is 0 Å². The molecule has 104 valence electrons. The second-order valence-corrected chi connectivity index (χ2v) is 4.76. The lowest BCUT2D eigenvalue weighted by molar-refractivity contribution is -0.130. The molecule has 0 N–H and O–H groups in total. The summed E-state index contributed by atoms with van der Waals surface area (Å²) >= 11 is 0. The van der Waals surface area contributed by atoms with Gasteiger partial charge >= 0.3 is 6.03 Å². The minimum absolute atomic E-state index is 0.0982. The molecule has 0 aliphatic carbocycles. The van der Waals surface area contributed by atoms with Crippen LogP contribution in [0, 0.1) is 0 Å². The molecule has 1 saturated heterocycles. The van der Waals surface area contributed by atoms with E-state index in [1.807, 2.05) is 9.80 Å². The van der Waals surface area contributed by atoms with Crippen molar-refractivity contribution in [3.8, 4) is 0 Å². The molecule has 0 bridgehead atoms. The Morgan fingerprint density at radius 3 is 1.78 bits per heavy atom. The number of rotatable bonds is 4. The first-order valence-corrected chi connectivity index (χ1v) is 6.89. The number of carbonyl (C=O) groups excluding carboxylic acids is 2. The van der Waals surface area contributed by atoms with Crippen LogP contribution in [-0.2, 0) is 4.79 Å². The lowest BCUT2D eigenvalue weighted by Crippen LogP contribution is -2.53. The quantitative estimate of drug-likeness (QED) is 0.762. The summed E-state index contributed by atoms with van der Waals surface area (Å²) < 4.78 is 0. The normalized spacial score (nSPS) is 15.7. The summed E-state index contributed by atoms with van der Waals surface area (Å²) in [5.74, 6) is 0.0982. The second kappa shape index (κ2) is 7.24. The fourth-order valence-electron chi connectivity index (χ4n) is 2.26. The van der Waals surface area contributed by atoms with E-state index in [4.69, 9.17) is 0 Å². The van der Waals surface area contributed by atoms with Crippen molar-refractivity contribution in [2.24, 2.45) is 0 Å². The third-order valence-corrected chi connectivity index (χ3v) is 3.25. The Kier molecular flexibility index (Phi) is 5.95. The van der Waals surface area contributed by atoms with E-state index in [-0.39, 0.29) is 11.9 Å². The molecule has 0 radical (unpaired) electrons. The SMILES string of the molecule is CCCN(CCC)C(=O)N1CCN(C(C)=O)CC1. The third-order valence-electron chi connectivity index (χ3n) is 3.25. The molecule has 0 atom stereocenters. The van der Waals surface area contributed by atoms with E-state index in [1.54, 1.807) is 11.8 Å². The second-order valence-electron chi connectivity index (χ2n) is 4.76. The number of hydrogen-bond donors (Lipinski definition) is 0. The molecule has 5 heteroatoms. The Morgan fingerprint density at radius 2 is 1.39 bits per heavy atom. The number of nitrogens with zero attached hydrogens (tertiary/aromatic N) is 3. The molecule has 1 aliphatic rings. The molecule has 0 aromatic heterocycles. The highest BCUT2D eigenvalue weighted by molar-refractivity contribution is 5.76. The molecule has 0 aromatic rings. The van der Waals surface area contributed by atoms with Crippen LogP contribution < -0.4 is 0 Å². The average molecular weight is 255 g/mol. The molecule has 1 rings (SSSR count). The summed E-state index contributed by atoms with van der Waals surface area (Å²) in [6.07, 6.45) is 1.97. The molecule has 5 nitrogen and oxygen atoms in total. The van der Waals surface area contributed by atoms with Gasteiger partial charge in [0, 0.05) is 46.2 Å². The van der Waals surface area contributed by atoms with E-state index in [0.717, 1.165) is 25.9 Å². The van der Waals surface area contributed by atoms with Gasteiger partial charge in [-0.25, -0.2) is 4.79 Å². The van der Waals surface area contributed by atoms with Crippen LogP contribution in [0.1, 0.15) is 33.6 Å². The van der Waals surface area contributed by atoms with Crippen LogP contribution in [0.3, 0.4) is 0 Å². The van der Waals surface area contributed by atoms with Crippen LogP contribution in [-0.4, -0.2) is 65.9 Å². The fraction of sp³-hybridized carbons (Fsp3) is 0.846. The van der Waals surface area contributed by atoms with Gasteiger partial charge in [-0.05, 0) is 12.8 Å². The minimum Gasteiger partial charge on any atom is -0.339 e. The highest BCUT2D eigenvalue weighted by Gasteiger charge is 2.25. The maximum Gasteiger partial charge on any atom is 0.320 e. The highest BCUT2D eigenvalue weighted by Crippen LogP contribution is 2.07. The van der Waals surface area contributed by atoms with E-state index in [0.29, 0.717) is 26.2 Å². The predicted octanol–water partition coefficient (Wildman–Crippen LogP) is 1.39. The van der Waals surface area contributed by atoms with Crippen LogP contribution in [0.5, 0.6) is 0 Å². The molecule has 0 aromatic carbocycles. The van der Waals surface area contributed by atoms with E-state index in [2.05, 4.69) is 13.8 Å². The van der Waals surface area contributed by atoms with Crippen LogP contribution in [0.15, 0.2) is 0 Å². The van der Waals surface area contributed by atoms with Gasteiger partial charge in [-0.1, -0.05) is 13.8 Å². The van der Waals surface area contributed by atoms with Gasteiger partial charge in [0.25, 0.3) is 0 Å². The Balaban J connectivity index is 2.49. The molecule has 18 heavy (non-hydrogen) atoms. The van der Waals surface area contributed by atoms with Gasteiger partial charge in [-0.2, -0.15) is 0 Å². The first kappa shape index (κ1) is 14.8. The zero-order valence-electron chi connectivity index (χ0n) is 11.8. The highest BCUT2D eigenvalue weighted by atomic mass is 16.2. The molecule has 3 amide bonds. The summed E-state index contributed by atoms with van der Waals surface area (Å²) in [7, 11) is 0. The van der Waals surface area contributed by atoms with E-state index < -0.39 is 0 Å². The number of carbonyl (C=O) groups is 2. The number of piperazine rings is 1. The van der Waals surface area contributed by atoms with Crippen molar-refractivity contribution >= 4 is 11.9 Å². The van der Waals surface area contributed by atoms with E-state index in [1.165, 1.54) is 0 Å². The van der Waals surface area contributed by atoms with E-state index in [9.17, 15) is 9.59 Å². The van der Waals surface area contributed by atoms with Gasteiger partial charge in [0.2, 0.25) is 5.91 Å². The van der Waals surface area contributed by atoms with Crippen LogP contribution in [0.25, 0.3) is 0 Å². The van der Waals surface area contributed by atoms with Gasteiger partial charge < -0.3 is 14.7 Å². The van der Waals surface area contributed by atoms with Crippen LogP contribution in [0.4, 0.5) is 4.79 Å². The predicted molar refractivity (Wildman–Crippen MR) is 71.4 cm³/mol. The summed E-state index contributed by atoms with van der Waals surface area (Å²) in [5, 5.41) is 0. The first-order valence-electron chi connectivity index (χ1n) is 6.89. The van der Waals surface area contributed by atoms with Crippen molar-refractivity contribution in [1.82, 2.24) is 14.7 Å². The van der Waals surface area contributed by atoms with Crippen LogP contribution in [0.2, 0.25) is 0 Å². The van der Waals surface area contributed by atoms with Crippen molar-refractivity contribution in [2.75, 3.05) is 39.3 Å². The molecule has 1 fully saturated rings. The number of urea groups is 1. The van der Waals surface area contributed by atoms with Gasteiger partial charge in [-0.15, -0.1) is 0 Å². The molecule has 1 aliphatic heterocycles. The van der Waals surface area contributed by atoms with Crippen molar-refractivity contribution in [3.05, 3.63) is 0 Å². The van der Waals surface area contributed by atoms with Gasteiger partial charge in [0.1, 0.15) is 0 Å². The molecular formula is C13H25N3O2. The lowest BCUT2D eigenvalue weighted by Gasteiger charge is -2.37. The average Bonchev–Trinajstić information content (AvgIpc) is 2.38. The maximum atomic E-state index is 12.3. The van der Waals surface area contributed by atoms with Crippen molar-refractivity contribution in [1.29, 1.82) is 0 Å². The smallest absolute Gasteiger partial charge is 0.320 e. The zero-order valence-corrected chi connectivity index (χ0v) is 11.8. The molecule has 1 heterocycles. The van der Waals surface area contributed by atoms with Crippen LogP contribution >= 0.6 is 0 Å². The first-order chi connectivity index (χ1) is 8.60. The summed E-state index contributed by atoms with van der Waals surface area (Å²) in [4.78, 5) is 29.1. The standard InChI is InChI=1S/C13H25N3O2/c1-4-6-15(7-5-2)13(18)16-10-8-14(9-11-16)12(3)17/h4-11H2,1-3H3. The van der Waals surface area contributed by atoms with Crippen molar-refractivity contribution in [3.63, 3.8) is 0 Å². The topological polar surface area (TPSA) is 43.9 Å². The zero-order chi connectivity index (χ0) is 13.5.